The Morgan fingerprint density at radius 2 is 2.21 bits per heavy atom. The molecule has 1 atom stereocenters. The van der Waals surface area contributed by atoms with Crippen molar-refractivity contribution in [2.24, 2.45) is 0 Å². The van der Waals surface area contributed by atoms with Crippen LogP contribution in [-0.4, -0.2) is 73.0 Å². The molecule has 1 aromatic rings. The molecule has 0 spiro atoms. The summed E-state index contributed by atoms with van der Waals surface area (Å²) in [5.41, 5.74) is -0.768. The van der Waals surface area contributed by atoms with E-state index < -0.39 is 5.67 Å². The van der Waals surface area contributed by atoms with Crippen LogP contribution in [-0.2, 0) is 20.8 Å². The molecule has 134 valence electrons. The summed E-state index contributed by atoms with van der Waals surface area (Å²) >= 11 is 0. The van der Waals surface area contributed by atoms with Crippen LogP contribution in [0.1, 0.15) is 18.5 Å². The van der Waals surface area contributed by atoms with E-state index in [0.717, 1.165) is 0 Å². The van der Waals surface area contributed by atoms with Gasteiger partial charge in [-0.1, -0.05) is 0 Å². The van der Waals surface area contributed by atoms with Gasteiger partial charge in [0.25, 0.3) is 0 Å². The first-order valence-electron chi connectivity index (χ1n) is 8.32. The van der Waals surface area contributed by atoms with Gasteiger partial charge >= 0.3 is 0 Å². The van der Waals surface area contributed by atoms with E-state index in [1.165, 1.54) is 0 Å². The number of nitrogens with zero attached hydrogens (tertiary/aromatic N) is 3. The van der Waals surface area contributed by atoms with Crippen LogP contribution in [0, 0.1) is 0 Å². The van der Waals surface area contributed by atoms with Crippen molar-refractivity contribution < 1.29 is 23.7 Å². The Hall–Kier alpha value is -1.35. The highest BCUT2D eigenvalue weighted by atomic mass is 19.1. The van der Waals surface area contributed by atoms with Crippen molar-refractivity contribution >= 4 is 5.95 Å². The van der Waals surface area contributed by atoms with E-state index in [1.54, 1.807) is 12.3 Å². The van der Waals surface area contributed by atoms with Gasteiger partial charge in [0.2, 0.25) is 5.95 Å². The normalized spacial score (nSPS) is 24.1. The van der Waals surface area contributed by atoms with E-state index >= 15 is 0 Å². The van der Waals surface area contributed by atoms with Crippen molar-refractivity contribution in [2.75, 3.05) is 51.0 Å². The van der Waals surface area contributed by atoms with Gasteiger partial charge in [0, 0.05) is 32.1 Å². The van der Waals surface area contributed by atoms with Gasteiger partial charge in [0.15, 0.2) is 0 Å². The number of aliphatic hydroxyl groups excluding tert-OH is 1. The van der Waals surface area contributed by atoms with Crippen molar-refractivity contribution in [1.82, 2.24) is 9.97 Å². The van der Waals surface area contributed by atoms with E-state index in [-0.39, 0.29) is 19.3 Å². The Bertz CT molecular complexity index is 520. The number of aromatic nitrogens is 2. The first-order chi connectivity index (χ1) is 11.7. The molecule has 1 unspecified atom stereocenters. The van der Waals surface area contributed by atoms with E-state index in [1.807, 2.05) is 4.90 Å². The minimum Gasteiger partial charge on any atom is -0.390 e. The van der Waals surface area contributed by atoms with Gasteiger partial charge in [-0.15, -0.1) is 0 Å². The molecule has 1 N–H and O–H groups in total. The second-order valence-corrected chi connectivity index (χ2v) is 6.23. The monoisotopic (exact) mass is 341 g/mol. The summed E-state index contributed by atoms with van der Waals surface area (Å²) in [6, 6.07) is 1.66. The van der Waals surface area contributed by atoms with Crippen molar-refractivity contribution in [3.63, 3.8) is 0 Å². The lowest BCUT2D eigenvalue weighted by Crippen LogP contribution is -2.45. The number of hydrogen-bond acceptors (Lipinski definition) is 7. The molecular formula is C16H24FN3O4. The molecule has 2 saturated heterocycles. The zero-order valence-electron chi connectivity index (χ0n) is 13.7. The summed E-state index contributed by atoms with van der Waals surface area (Å²) in [5.74, 6) is 0.539. The maximum Gasteiger partial charge on any atom is 0.225 e. The largest absolute Gasteiger partial charge is 0.390 e. The third-order valence-corrected chi connectivity index (χ3v) is 4.35. The number of halogens is 1. The molecule has 3 rings (SSSR count). The molecule has 7 nitrogen and oxygen atoms in total. The quantitative estimate of drug-likeness (QED) is 0.816. The fourth-order valence-electron chi connectivity index (χ4n) is 2.88. The predicted molar refractivity (Wildman–Crippen MR) is 84.6 cm³/mol. The molecule has 0 aliphatic carbocycles. The molecule has 0 bridgehead atoms. The van der Waals surface area contributed by atoms with Crippen molar-refractivity contribution in [1.29, 1.82) is 0 Å². The molecule has 0 saturated carbocycles. The smallest absolute Gasteiger partial charge is 0.225 e. The highest BCUT2D eigenvalue weighted by molar-refractivity contribution is 5.31. The van der Waals surface area contributed by atoms with Gasteiger partial charge in [-0.3, -0.25) is 0 Å². The minimum atomic E-state index is -1.33. The first-order valence-corrected chi connectivity index (χ1v) is 8.32. The Morgan fingerprint density at radius 3 is 2.92 bits per heavy atom. The SMILES string of the molecule is OCc1ccnc(N2CCC(F)(COCC3COCCO3)CC2)n1. The lowest BCUT2D eigenvalue weighted by Gasteiger charge is -2.36. The Kier molecular flexibility index (Phi) is 5.94. The third-order valence-electron chi connectivity index (χ3n) is 4.35. The van der Waals surface area contributed by atoms with Crippen molar-refractivity contribution in [3.05, 3.63) is 18.0 Å². The third kappa shape index (κ3) is 4.60. The van der Waals surface area contributed by atoms with Gasteiger partial charge in [0.05, 0.1) is 45.3 Å². The Morgan fingerprint density at radius 1 is 1.38 bits per heavy atom. The van der Waals surface area contributed by atoms with Crippen LogP contribution in [0.5, 0.6) is 0 Å². The number of anilines is 1. The number of hydrogen-bond donors (Lipinski definition) is 1. The first kappa shape index (κ1) is 17.5. The standard InChI is InChI=1S/C16H24FN3O4/c17-16(12-23-11-14-10-22-7-8-24-14)2-5-20(6-3-16)15-18-4-1-13(9-21)19-15/h1,4,14,21H,2-3,5-12H2. The summed E-state index contributed by atoms with van der Waals surface area (Å²) in [5, 5.41) is 9.14. The van der Waals surface area contributed by atoms with Gasteiger partial charge in [-0.2, -0.15) is 0 Å². The average molecular weight is 341 g/mol. The molecule has 2 aliphatic rings. The van der Waals surface area contributed by atoms with Crippen LogP contribution in [0.25, 0.3) is 0 Å². The van der Waals surface area contributed by atoms with Crippen LogP contribution in [0.15, 0.2) is 12.3 Å². The van der Waals surface area contributed by atoms with Crippen molar-refractivity contribution in [3.8, 4) is 0 Å². The van der Waals surface area contributed by atoms with Crippen LogP contribution in [0.4, 0.5) is 10.3 Å². The topological polar surface area (TPSA) is 76.9 Å². The molecule has 3 heterocycles. The Labute approximate surface area is 140 Å². The molecule has 0 radical (unpaired) electrons. The van der Waals surface area contributed by atoms with Crippen LogP contribution >= 0.6 is 0 Å². The summed E-state index contributed by atoms with van der Waals surface area (Å²) in [6.07, 6.45) is 2.24. The molecule has 24 heavy (non-hydrogen) atoms. The van der Waals surface area contributed by atoms with E-state index in [4.69, 9.17) is 19.3 Å². The van der Waals surface area contributed by atoms with Crippen LogP contribution in [0.2, 0.25) is 0 Å². The van der Waals surface area contributed by atoms with Gasteiger partial charge in [-0.25, -0.2) is 14.4 Å². The number of alkyl halides is 1. The second-order valence-electron chi connectivity index (χ2n) is 6.23. The van der Waals surface area contributed by atoms with Crippen molar-refractivity contribution in [2.45, 2.75) is 31.2 Å². The minimum absolute atomic E-state index is 0.0677. The maximum atomic E-state index is 14.9. The lowest BCUT2D eigenvalue weighted by molar-refractivity contribution is -0.124. The van der Waals surface area contributed by atoms with E-state index in [0.29, 0.717) is 64.0 Å². The molecule has 8 heteroatoms. The number of rotatable bonds is 6. The second kappa shape index (κ2) is 8.15. The molecule has 0 amide bonds. The van der Waals surface area contributed by atoms with E-state index in [2.05, 4.69) is 9.97 Å². The van der Waals surface area contributed by atoms with E-state index in [9.17, 15) is 4.39 Å². The lowest BCUT2D eigenvalue weighted by atomic mass is 9.94. The predicted octanol–water partition coefficient (Wildman–Crippen LogP) is 0.709. The average Bonchev–Trinajstić information content (AvgIpc) is 2.63. The number of aliphatic hydroxyl groups is 1. The summed E-state index contributed by atoms with van der Waals surface area (Å²) in [4.78, 5) is 10.4. The maximum absolute atomic E-state index is 14.9. The molecule has 0 aromatic carbocycles. The fourth-order valence-corrected chi connectivity index (χ4v) is 2.88. The highest BCUT2D eigenvalue weighted by Crippen LogP contribution is 2.28. The van der Waals surface area contributed by atoms with Gasteiger partial charge < -0.3 is 24.2 Å². The zero-order chi connectivity index (χ0) is 16.8. The van der Waals surface area contributed by atoms with Crippen LogP contribution < -0.4 is 4.90 Å². The zero-order valence-corrected chi connectivity index (χ0v) is 13.7. The molecular weight excluding hydrogens is 317 g/mol. The summed E-state index contributed by atoms with van der Waals surface area (Å²) in [7, 11) is 0. The van der Waals surface area contributed by atoms with Gasteiger partial charge in [0.1, 0.15) is 11.8 Å². The number of ether oxygens (including phenoxy) is 3. The van der Waals surface area contributed by atoms with Gasteiger partial charge in [-0.05, 0) is 6.07 Å². The summed E-state index contributed by atoms with van der Waals surface area (Å²) in [6.45, 7) is 3.03. The summed E-state index contributed by atoms with van der Waals surface area (Å²) < 4.78 is 31.2. The molecule has 2 fully saturated rings. The van der Waals surface area contributed by atoms with Crippen LogP contribution in [0.3, 0.4) is 0 Å². The number of piperidine rings is 1. The highest BCUT2D eigenvalue weighted by Gasteiger charge is 2.36. The molecule has 2 aliphatic heterocycles. The Balaban J connectivity index is 1.44. The molecule has 1 aromatic heterocycles. The fraction of sp³-hybridized carbons (Fsp3) is 0.750.